The average Bonchev–Trinajstić information content (AvgIpc) is 2.27. The predicted molar refractivity (Wildman–Crippen MR) is 67.0 cm³/mol. The minimum absolute atomic E-state index is 0.0175. The van der Waals surface area contributed by atoms with Gasteiger partial charge in [0.05, 0.1) is 24.9 Å². The second kappa shape index (κ2) is 9.79. The highest BCUT2D eigenvalue weighted by Crippen LogP contribution is 2.12. The molecule has 0 heterocycles. The van der Waals surface area contributed by atoms with Crippen molar-refractivity contribution in [2.24, 2.45) is 5.73 Å². The van der Waals surface area contributed by atoms with Gasteiger partial charge in [-0.05, 0) is 20.3 Å². The van der Waals surface area contributed by atoms with Crippen LogP contribution in [0.2, 0.25) is 0 Å². The van der Waals surface area contributed by atoms with Gasteiger partial charge in [0, 0.05) is 33.3 Å². The molecule has 0 saturated heterocycles. The third-order valence-electron chi connectivity index (χ3n) is 2.43. The van der Waals surface area contributed by atoms with Crippen LogP contribution in [0, 0.1) is 0 Å². The number of hydrogen-bond donors (Lipinski definition) is 2. The van der Waals surface area contributed by atoms with Crippen molar-refractivity contribution in [2.45, 2.75) is 38.4 Å². The average molecular weight is 249 g/mol. The van der Waals surface area contributed by atoms with Crippen LogP contribution in [0.5, 0.6) is 0 Å². The molecule has 0 aliphatic heterocycles. The molecule has 5 nitrogen and oxygen atoms in total. The van der Waals surface area contributed by atoms with Gasteiger partial charge < -0.3 is 25.1 Å². The summed E-state index contributed by atoms with van der Waals surface area (Å²) in [6.45, 7) is 6.40. The maximum absolute atomic E-state index is 9.74. The zero-order chi connectivity index (χ0) is 13.1. The number of aliphatic hydroxyl groups is 1. The molecule has 5 heteroatoms. The molecule has 0 amide bonds. The largest absolute Gasteiger partial charge is 0.389 e. The Labute approximate surface area is 104 Å². The molecule has 0 aromatic heterocycles. The summed E-state index contributed by atoms with van der Waals surface area (Å²) in [6.07, 6.45) is 1.41. The monoisotopic (exact) mass is 249 g/mol. The number of rotatable bonds is 11. The van der Waals surface area contributed by atoms with E-state index in [-0.39, 0.29) is 12.6 Å². The van der Waals surface area contributed by atoms with Crippen LogP contribution in [-0.4, -0.2) is 56.9 Å². The van der Waals surface area contributed by atoms with Crippen molar-refractivity contribution in [2.75, 3.05) is 40.1 Å². The molecule has 0 aliphatic carbocycles. The van der Waals surface area contributed by atoms with Crippen LogP contribution in [0.25, 0.3) is 0 Å². The Hall–Kier alpha value is -0.200. The van der Waals surface area contributed by atoms with Crippen molar-refractivity contribution in [3.05, 3.63) is 0 Å². The van der Waals surface area contributed by atoms with E-state index in [0.717, 1.165) is 13.0 Å². The Balaban J connectivity index is 3.36. The first-order valence-electron chi connectivity index (χ1n) is 6.12. The maximum atomic E-state index is 9.74. The van der Waals surface area contributed by atoms with Crippen LogP contribution >= 0.6 is 0 Å². The lowest BCUT2D eigenvalue weighted by molar-refractivity contribution is -0.0360. The highest BCUT2D eigenvalue weighted by molar-refractivity contribution is 4.76. The van der Waals surface area contributed by atoms with Gasteiger partial charge in [-0.15, -0.1) is 0 Å². The Kier molecular flexibility index (Phi) is 9.68. The molecule has 0 bridgehead atoms. The Bertz CT molecular complexity index is 176. The molecule has 0 spiro atoms. The lowest BCUT2D eigenvalue weighted by Gasteiger charge is -2.25. The highest BCUT2D eigenvalue weighted by Gasteiger charge is 2.21. The third kappa shape index (κ3) is 10.7. The second-order valence-corrected chi connectivity index (χ2v) is 4.55. The highest BCUT2D eigenvalue weighted by atomic mass is 16.5. The van der Waals surface area contributed by atoms with Gasteiger partial charge in [0.25, 0.3) is 0 Å². The summed E-state index contributed by atoms with van der Waals surface area (Å²) in [4.78, 5) is 0. The van der Waals surface area contributed by atoms with E-state index < -0.39 is 5.60 Å². The first kappa shape index (κ1) is 16.8. The van der Waals surface area contributed by atoms with Crippen molar-refractivity contribution in [1.82, 2.24) is 0 Å². The van der Waals surface area contributed by atoms with Crippen molar-refractivity contribution in [1.29, 1.82) is 0 Å². The van der Waals surface area contributed by atoms with E-state index in [2.05, 4.69) is 0 Å². The van der Waals surface area contributed by atoms with E-state index in [0.29, 0.717) is 26.2 Å². The van der Waals surface area contributed by atoms with E-state index in [9.17, 15) is 5.11 Å². The molecule has 104 valence electrons. The fourth-order valence-electron chi connectivity index (χ4n) is 1.48. The summed E-state index contributed by atoms with van der Waals surface area (Å²) in [7, 11) is 1.67. The Morgan fingerprint density at radius 3 is 2.53 bits per heavy atom. The van der Waals surface area contributed by atoms with Crippen LogP contribution in [0.1, 0.15) is 26.7 Å². The zero-order valence-electron chi connectivity index (χ0n) is 11.3. The lowest BCUT2D eigenvalue weighted by atomic mass is 10.00. The van der Waals surface area contributed by atoms with Gasteiger partial charge in [0.15, 0.2) is 0 Å². The third-order valence-corrected chi connectivity index (χ3v) is 2.43. The van der Waals surface area contributed by atoms with Crippen molar-refractivity contribution >= 4 is 0 Å². The fourth-order valence-corrected chi connectivity index (χ4v) is 1.48. The number of ether oxygens (including phenoxy) is 3. The van der Waals surface area contributed by atoms with E-state index in [1.165, 1.54) is 0 Å². The van der Waals surface area contributed by atoms with E-state index in [1.807, 2.05) is 6.92 Å². The van der Waals surface area contributed by atoms with Crippen LogP contribution in [0.3, 0.4) is 0 Å². The van der Waals surface area contributed by atoms with Gasteiger partial charge in [-0.1, -0.05) is 0 Å². The second-order valence-electron chi connectivity index (χ2n) is 4.55. The first-order chi connectivity index (χ1) is 8.02. The zero-order valence-corrected chi connectivity index (χ0v) is 11.3. The van der Waals surface area contributed by atoms with Crippen molar-refractivity contribution < 1.29 is 19.3 Å². The Morgan fingerprint density at radius 2 is 1.94 bits per heavy atom. The van der Waals surface area contributed by atoms with Gasteiger partial charge in [-0.25, -0.2) is 0 Å². The molecule has 0 radical (unpaired) electrons. The van der Waals surface area contributed by atoms with Gasteiger partial charge in [0.2, 0.25) is 0 Å². The molecule has 17 heavy (non-hydrogen) atoms. The number of methoxy groups -OCH3 is 1. The minimum Gasteiger partial charge on any atom is -0.389 e. The van der Waals surface area contributed by atoms with Crippen LogP contribution in [-0.2, 0) is 14.2 Å². The SMILES string of the molecule is COCCCOCCOC(C)CC(C)(O)CN. The summed E-state index contributed by atoms with van der Waals surface area (Å²) < 4.78 is 15.8. The molecular weight excluding hydrogens is 222 g/mol. The first-order valence-corrected chi connectivity index (χ1v) is 6.12. The molecular formula is C12H27NO4. The van der Waals surface area contributed by atoms with Crippen molar-refractivity contribution in [3.8, 4) is 0 Å². The molecule has 0 aliphatic rings. The lowest BCUT2D eigenvalue weighted by Crippen LogP contribution is -2.38. The summed E-state index contributed by atoms with van der Waals surface area (Å²) in [6, 6.07) is 0. The van der Waals surface area contributed by atoms with E-state index >= 15 is 0 Å². The number of hydrogen-bond acceptors (Lipinski definition) is 5. The molecule has 2 atom stereocenters. The van der Waals surface area contributed by atoms with Crippen LogP contribution in [0.4, 0.5) is 0 Å². The van der Waals surface area contributed by atoms with E-state index in [4.69, 9.17) is 19.9 Å². The summed E-state index contributed by atoms with van der Waals surface area (Å²) in [5, 5.41) is 9.74. The smallest absolute Gasteiger partial charge is 0.0765 e. The maximum Gasteiger partial charge on any atom is 0.0765 e. The summed E-state index contributed by atoms with van der Waals surface area (Å²) in [5.41, 5.74) is 4.59. The van der Waals surface area contributed by atoms with Gasteiger partial charge >= 0.3 is 0 Å². The molecule has 0 aromatic carbocycles. The topological polar surface area (TPSA) is 73.9 Å². The minimum atomic E-state index is -0.848. The molecule has 0 fully saturated rings. The van der Waals surface area contributed by atoms with Gasteiger partial charge in [0.1, 0.15) is 0 Å². The molecule has 0 saturated carbocycles. The van der Waals surface area contributed by atoms with Crippen LogP contribution in [0.15, 0.2) is 0 Å². The summed E-state index contributed by atoms with van der Waals surface area (Å²) >= 11 is 0. The molecule has 0 aromatic rings. The standard InChI is InChI=1S/C12H27NO4/c1-11(9-12(2,14)10-13)17-8-7-16-6-4-5-15-3/h11,14H,4-10,13H2,1-3H3. The predicted octanol–water partition coefficient (Wildman–Crippen LogP) is 0.544. The normalized spacial score (nSPS) is 16.8. The van der Waals surface area contributed by atoms with Gasteiger partial charge in [-0.3, -0.25) is 0 Å². The molecule has 2 unspecified atom stereocenters. The molecule has 3 N–H and O–H groups in total. The quantitative estimate of drug-likeness (QED) is 0.523. The van der Waals surface area contributed by atoms with Crippen molar-refractivity contribution in [3.63, 3.8) is 0 Å². The number of nitrogens with two attached hydrogens (primary N) is 1. The fraction of sp³-hybridized carbons (Fsp3) is 1.00. The van der Waals surface area contributed by atoms with E-state index in [1.54, 1.807) is 14.0 Å². The van der Waals surface area contributed by atoms with Crippen LogP contribution < -0.4 is 5.73 Å². The molecule has 0 rings (SSSR count). The summed E-state index contributed by atoms with van der Waals surface area (Å²) in [5.74, 6) is 0. The van der Waals surface area contributed by atoms with Gasteiger partial charge in [-0.2, -0.15) is 0 Å². The Morgan fingerprint density at radius 1 is 1.24 bits per heavy atom.